The second-order valence-electron chi connectivity index (χ2n) is 7.12. The Hall–Kier alpha value is -2.38. The van der Waals surface area contributed by atoms with E-state index in [1.165, 1.54) is 56.2 Å². The van der Waals surface area contributed by atoms with Gasteiger partial charge in [0.2, 0.25) is 15.9 Å². The Morgan fingerprint density at radius 2 is 1.79 bits per heavy atom. The molecule has 3 rings (SSSR count). The van der Waals surface area contributed by atoms with Gasteiger partial charge in [0, 0.05) is 19.0 Å². The van der Waals surface area contributed by atoms with Crippen molar-refractivity contribution in [2.75, 3.05) is 12.4 Å². The van der Waals surface area contributed by atoms with Crippen LogP contribution in [0.15, 0.2) is 41.3 Å². The van der Waals surface area contributed by atoms with Crippen molar-refractivity contribution in [3.8, 4) is 5.75 Å². The molecule has 0 bridgehead atoms. The fourth-order valence-electron chi connectivity index (χ4n) is 3.52. The molecular formula is C21H26N2O4S. The van der Waals surface area contributed by atoms with E-state index in [1.54, 1.807) is 0 Å². The molecule has 2 aromatic rings. The zero-order valence-electron chi connectivity index (χ0n) is 16.4. The van der Waals surface area contributed by atoms with Gasteiger partial charge in [0.1, 0.15) is 5.75 Å². The van der Waals surface area contributed by atoms with Gasteiger partial charge in [-0.15, -0.1) is 0 Å². The summed E-state index contributed by atoms with van der Waals surface area (Å²) in [7, 11) is -2.32. The number of anilines is 1. The molecule has 28 heavy (non-hydrogen) atoms. The maximum absolute atomic E-state index is 12.9. The Morgan fingerprint density at radius 3 is 2.46 bits per heavy atom. The number of ether oxygens (including phenoxy) is 1. The monoisotopic (exact) mass is 402 g/mol. The molecule has 0 heterocycles. The molecule has 7 heteroatoms. The molecule has 0 radical (unpaired) electrons. The number of carbonyl (C=O) groups is 1. The number of aryl methyl sites for hydroxylation is 2. The van der Waals surface area contributed by atoms with Crippen LogP contribution in [0.3, 0.4) is 0 Å². The summed E-state index contributed by atoms with van der Waals surface area (Å²) in [5.74, 6) is 0.0348. The SMILES string of the molecule is COc1cc(S(=O)(=O)N[C@@H](C)c2ccc3c(c2)CCCC3)ccc1NC(C)=O. The van der Waals surface area contributed by atoms with Gasteiger partial charge in [-0.3, -0.25) is 4.79 Å². The van der Waals surface area contributed by atoms with E-state index in [9.17, 15) is 13.2 Å². The summed E-state index contributed by atoms with van der Waals surface area (Å²) in [6, 6.07) is 10.2. The number of methoxy groups -OCH3 is 1. The van der Waals surface area contributed by atoms with Crippen molar-refractivity contribution >= 4 is 21.6 Å². The molecule has 0 unspecified atom stereocenters. The lowest BCUT2D eigenvalue weighted by Gasteiger charge is -2.20. The van der Waals surface area contributed by atoms with Crippen LogP contribution in [-0.2, 0) is 27.7 Å². The van der Waals surface area contributed by atoms with Crippen LogP contribution in [-0.4, -0.2) is 21.4 Å². The average Bonchev–Trinajstić information content (AvgIpc) is 2.67. The topological polar surface area (TPSA) is 84.5 Å². The Bertz CT molecular complexity index is 986. The number of fused-ring (bicyclic) bond motifs is 1. The van der Waals surface area contributed by atoms with Crippen LogP contribution in [0.5, 0.6) is 5.75 Å². The molecule has 6 nitrogen and oxygen atoms in total. The van der Waals surface area contributed by atoms with Crippen LogP contribution in [0, 0.1) is 0 Å². The Kier molecular flexibility index (Phi) is 6.05. The molecule has 1 aliphatic carbocycles. The van der Waals surface area contributed by atoms with Crippen LogP contribution >= 0.6 is 0 Å². The number of rotatable bonds is 6. The van der Waals surface area contributed by atoms with Crippen LogP contribution in [0.2, 0.25) is 0 Å². The van der Waals surface area contributed by atoms with Gasteiger partial charge < -0.3 is 10.1 Å². The molecule has 0 aliphatic heterocycles. The summed E-state index contributed by atoms with van der Waals surface area (Å²) in [6.07, 6.45) is 4.53. The minimum absolute atomic E-state index is 0.0864. The van der Waals surface area contributed by atoms with Crippen LogP contribution in [0.1, 0.15) is 49.4 Å². The van der Waals surface area contributed by atoms with Gasteiger partial charge >= 0.3 is 0 Å². The third-order valence-corrected chi connectivity index (χ3v) is 6.54. The molecule has 2 N–H and O–H groups in total. The van der Waals surface area contributed by atoms with Gasteiger partial charge in [-0.1, -0.05) is 18.2 Å². The zero-order chi connectivity index (χ0) is 20.3. The summed E-state index contributed by atoms with van der Waals surface area (Å²) >= 11 is 0. The summed E-state index contributed by atoms with van der Waals surface area (Å²) in [5, 5.41) is 2.62. The molecule has 0 spiro atoms. The standard InChI is InChI=1S/C21H26N2O4S/c1-14(17-9-8-16-6-4-5-7-18(16)12-17)23-28(25,26)19-10-11-20(22-15(2)24)21(13-19)27-3/h8-14,23H,4-7H2,1-3H3,(H,22,24)/t14-/m0/s1. The number of hydrogen-bond donors (Lipinski definition) is 2. The van der Waals surface area contributed by atoms with Crippen molar-refractivity contribution in [2.45, 2.75) is 50.5 Å². The minimum atomic E-state index is -3.75. The fourth-order valence-corrected chi connectivity index (χ4v) is 4.77. The summed E-state index contributed by atoms with van der Waals surface area (Å²) < 4.78 is 33.7. The normalized spacial score (nSPS) is 14.8. The smallest absolute Gasteiger partial charge is 0.241 e. The van der Waals surface area contributed by atoms with E-state index < -0.39 is 10.0 Å². The number of hydrogen-bond acceptors (Lipinski definition) is 4. The predicted molar refractivity (Wildman–Crippen MR) is 109 cm³/mol. The summed E-state index contributed by atoms with van der Waals surface area (Å²) in [4.78, 5) is 11.4. The molecule has 0 aromatic heterocycles. The second-order valence-corrected chi connectivity index (χ2v) is 8.84. The Balaban J connectivity index is 1.82. The highest BCUT2D eigenvalue weighted by Crippen LogP contribution is 2.29. The van der Waals surface area contributed by atoms with Gasteiger partial charge in [-0.25, -0.2) is 13.1 Å². The molecule has 0 saturated carbocycles. The third-order valence-electron chi connectivity index (χ3n) is 5.00. The van der Waals surface area contributed by atoms with Gasteiger partial charge in [0.05, 0.1) is 17.7 Å². The van der Waals surface area contributed by atoms with E-state index in [0.717, 1.165) is 18.4 Å². The first kappa shape index (κ1) is 20.4. The molecule has 150 valence electrons. The van der Waals surface area contributed by atoms with Crippen LogP contribution in [0.25, 0.3) is 0 Å². The molecular weight excluding hydrogens is 376 g/mol. The van der Waals surface area contributed by atoms with E-state index >= 15 is 0 Å². The molecule has 1 amide bonds. The first-order valence-corrected chi connectivity index (χ1v) is 10.9. The zero-order valence-corrected chi connectivity index (χ0v) is 17.2. The van der Waals surface area contributed by atoms with Crippen molar-refractivity contribution in [2.24, 2.45) is 0 Å². The molecule has 0 fully saturated rings. The average molecular weight is 403 g/mol. The van der Waals surface area contributed by atoms with Gasteiger partial charge in [0.15, 0.2) is 0 Å². The highest BCUT2D eigenvalue weighted by atomic mass is 32.2. The van der Waals surface area contributed by atoms with E-state index in [1.807, 2.05) is 13.0 Å². The van der Waals surface area contributed by atoms with Crippen molar-refractivity contribution in [1.82, 2.24) is 4.72 Å². The van der Waals surface area contributed by atoms with E-state index in [-0.39, 0.29) is 16.8 Å². The van der Waals surface area contributed by atoms with E-state index in [4.69, 9.17) is 4.74 Å². The fraction of sp³-hybridized carbons (Fsp3) is 0.381. The van der Waals surface area contributed by atoms with Gasteiger partial charge in [-0.2, -0.15) is 0 Å². The van der Waals surface area contributed by atoms with E-state index in [2.05, 4.69) is 22.2 Å². The predicted octanol–water partition coefficient (Wildman–Crippen LogP) is 3.57. The maximum Gasteiger partial charge on any atom is 0.241 e. The molecule has 2 aromatic carbocycles. The highest BCUT2D eigenvalue weighted by Gasteiger charge is 2.21. The van der Waals surface area contributed by atoms with Crippen LogP contribution in [0.4, 0.5) is 5.69 Å². The van der Waals surface area contributed by atoms with Gasteiger partial charge in [0.25, 0.3) is 0 Å². The first-order chi connectivity index (χ1) is 13.3. The van der Waals surface area contributed by atoms with Crippen molar-refractivity contribution < 1.29 is 17.9 Å². The number of amides is 1. The molecule has 1 aliphatic rings. The maximum atomic E-state index is 12.9. The quantitative estimate of drug-likeness (QED) is 0.774. The number of carbonyl (C=O) groups excluding carboxylic acids is 1. The Morgan fingerprint density at radius 1 is 1.07 bits per heavy atom. The number of nitrogens with one attached hydrogen (secondary N) is 2. The second kappa shape index (κ2) is 8.32. The third kappa shape index (κ3) is 4.54. The number of sulfonamides is 1. The highest BCUT2D eigenvalue weighted by molar-refractivity contribution is 7.89. The molecule has 1 atom stereocenters. The van der Waals surface area contributed by atoms with Gasteiger partial charge in [-0.05, 0) is 61.4 Å². The number of benzene rings is 2. The Labute approximate surface area is 166 Å². The first-order valence-electron chi connectivity index (χ1n) is 9.40. The lowest BCUT2D eigenvalue weighted by molar-refractivity contribution is -0.114. The minimum Gasteiger partial charge on any atom is -0.495 e. The summed E-state index contributed by atoms with van der Waals surface area (Å²) in [5.41, 5.74) is 4.06. The van der Waals surface area contributed by atoms with Crippen molar-refractivity contribution in [1.29, 1.82) is 0 Å². The van der Waals surface area contributed by atoms with Crippen molar-refractivity contribution in [3.05, 3.63) is 53.1 Å². The summed E-state index contributed by atoms with van der Waals surface area (Å²) in [6.45, 7) is 3.22. The molecule has 0 saturated heterocycles. The van der Waals surface area contributed by atoms with Crippen LogP contribution < -0.4 is 14.8 Å². The van der Waals surface area contributed by atoms with Crippen molar-refractivity contribution in [3.63, 3.8) is 0 Å². The van der Waals surface area contributed by atoms with E-state index in [0.29, 0.717) is 11.4 Å². The largest absolute Gasteiger partial charge is 0.495 e. The lowest BCUT2D eigenvalue weighted by atomic mass is 9.89. The lowest BCUT2D eigenvalue weighted by Crippen LogP contribution is -2.27.